The summed E-state index contributed by atoms with van der Waals surface area (Å²) in [6, 6.07) is 21.4. The van der Waals surface area contributed by atoms with E-state index in [1.54, 1.807) is 48.0 Å². The third kappa shape index (κ3) is 6.26. The summed E-state index contributed by atoms with van der Waals surface area (Å²) >= 11 is 0. The summed E-state index contributed by atoms with van der Waals surface area (Å²) in [5.41, 5.74) is 6.68. The maximum Gasteiger partial charge on any atom is 0.254 e. The first-order valence-electron chi connectivity index (χ1n) is 18.2. The van der Waals surface area contributed by atoms with E-state index in [2.05, 4.69) is 19.9 Å². The summed E-state index contributed by atoms with van der Waals surface area (Å²) in [5.74, 6) is -0.450. The summed E-state index contributed by atoms with van der Waals surface area (Å²) in [5, 5.41) is 0. The summed E-state index contributed by atoms with van der Waals surface area (Å²) < 4.78 is 19.1. The van der Waals surface area contributed by atoms with Crippen molar-refractivity contribution in [3.05, 3.63) is 124 Å². The second-order valence-corrected chi connectivity index (χ2v) is 12.6. The van der Waals surface area contributed by atoms with E-state index in [9.17, 15) is 33.2 Å². The fourth-order valence-electron chi connectivity index (χ4n) is 6.94. The number of halogens is 1. The van der Waals surface area contributed by atoms with Crippen LogP contribution in [-0.2, 0) is 33.4 Å². The van der Waals surface area contributed by atoms with Gasteiger partial charge in [-0.05, 0) is 0 Å². The smallest absolute Gasteiger partial charge is 0.254 e. The van der Waals surface area contributed by atoms with E-state index < -0.39 is 41.9 Å². The van der Waals surface area contributed by atoms with Gasteiger partial charge in [0.15, 0.2) is 0 Å². The summed E-state index contributed by atoms with van der Waals surface area (Å²) in [7, 11) is 2.66. The van der Waals surface area contributed by atoms with E-state index in [1.807, 2.05) is 68.8 Å². The molecule has 12 nitrogen and oxygen atoms in total. The van der Waals surface area contributed by atoms with Crippen molar-refractivity contribution in [2.45, 2.75) is 40.0 Å². The Kier molecular flexibility index (Phi) is 10.2. The second kappa shape index (κ2) is 15.3. The minimum Gasteiger partial charge on any atom is -0.339 e. The molecule has 3 heterocycles. The molecule has 55 heavy (non-hydrogen) atoms. The van der Waals surface area contributed by atoms with E-state index in [4.69, 9.17) is 1.37 Å². The van der Waals surface area contributed by atoms with Crippen molar-refractivity contribution >= 4 is 34.7 Å². The zero-order valence-electron chi connectivity index (χ0n) is 31.8. The number of hydrogen-bond acceptors (Lipinski definition) is 9. The van der Waals surface area contributed by atoms with Crippen molar-refractivity contribution in [3.63, 3.8) is 0 Å². The zero-order valence-corrected chi connectivity index (χ0v) is 30.8. The third-order valence-corrected chi connectivity index (χ3v) is 9.65. The van der Waals surface area contributed by atoms with Crippen LogP contribution in [0.2, 0.25) is 0 Å². The Morgan fingerprint density at radius 2 is 0.945 bits per heavy atom. The Morgan fingerprint density at radius 1 is 0.527 bits per heavy atom. The number of alkyl halides is 1. The molecule has 0 radical (unpaired) electrons. The number of hydrogen-bond donors (Lipinski definition) is 1. The number of fused-ring (bicyclic) bond motifs is 9. The molecule has 0 fully saturated rings. The van der Waals surface area contributed by atoms with Crippen LogP contribution in [0.25, 0.3) is 33.8 Å². The summed E-state index contributed by atoms with van der Waals surface area (Å²) in [6.45, 7) is 5.90. The molecule has 0 aliphatic heterocycles. The van der Waals surface area contributed by atoms with Crippen LogP contribution < -0.4 is 0 Å². The summed E-state index contributed by atoms with van der Waals surface area (Å²) in [6.07, 6.45) is 2.16. The van der Waals surface area contributed by atoms with Crippen LogP contribution in [0.3, 0.4) is 0 Å². The fourth-order valence-corrected chi connectivity index (χ4v) is 6.94. The number of ketones is 6. The number of nitrogens with one attached hydrogen (secondary N) is 1. The minimum atomic E-state index is -1.00. The number of carbonyl (C=O) groups excluding carboxylic acids is 6. The van der Waals surface area contributed by atoms with Crippen LogP contribution >= 0.6 is 0 Å². The summed E-state index contributed by atoms with van der Waals surface area (Å²) in [4.78, 5) is 88.0. The number of nitrogens with zero attached hydrogens (tertiary/aromatic N) is 5. The lowest BCUT2D eigenvalue weighted by atomic mass is 9.90. The van der Waals surface area contributed by atoms with Gasteiger partial charge in [0, 0.05) is 66.7 Å². The molecule has 3 aliphatic rings. The van der Waals surface area contributed by atoms with E-state index >= 15 is 0 Å². The van der Waals surface area contributed by atoms with E-state index in [1.165, 1.54) is 0 Å². The van der Waals surface area contributed by atoms with Crippen molar-refractivity contribution in [1.29, 1.82) is 0 Å². The standard InChI is InChI=1S/2C14H12N2O2.C13H10N2O2.CH3F/c1-3-10-15-11-12(16(10)2)8-6-4-5-7-9(8)13(17)14(11)18;1-3-10-15-11-8-6-4-5-7-9(8)13(17)14(18)12(11)16(10)2;1-2-9-14-10-7-5-3-4-6-8(7)12(16)13(17)11(10)15-9;1-2/h2*4-7H,3H2,1-2H3;3-6H,2H2,1H3,(H,14,15);1H3/i;;;1D. The second-order valence-electron chi connectivity index (χ2n) is 12.6. The van der Waals surface area contributed by atoms with Crippen LogP contribution in [0.5, 0.6) is 0 Å². The molecule has 0 bridgehead atoms. The molecule has 13 heteroatoms. The molecule has 6 aromatic rings. The number of aryl methyl sites for hydroxylation is 3. The molecule has 9 rings (SSSR count). The Morgan fingerprint density at radius 3 is 1.47 bits per heavy atom. The van der Waals surface area contributed by atoms with Crippen LogP contribution in [0.1, 0.15) is 102 Å². The highest BCUT2D eigenvalue weighted by molar-refractivity contribution is 6.53. The monoisotopic (exact) mass is 741 g/mol. The Bertz CT molecular complexity index is 2600. The number of carbonyl (C=O) groups is 6. The number of imidazole rings is 3. The minimum absolute atomic E-state index is 0.290. The highest BCUT2D eigenvalue weighted by atomic mass is 19.1. The van der Waals surface area contributed by atoms with Crippen molar-refractivity contribution in [2.75, 3.05) is 7.15 Å². The molecule has 0 amide bonds. The Balaban J connectivity index is 0.000000137. The first kappa shape index (κ1) is 36.6. The van der Waals surface area contributed by atoms with Gasteiger partial charge in [0.05, 0.1) is 14.2 Å². The van der Waals surface area contributed by atoms with E-state index in [0.29, 0.717) is 45.9 Å². The van der Waals surface area contributed by atoms with E-state index in [0.717, 1.165) is 52.7 Å². The number of Topliss-reactive ketones (excluding diaryl/α,β-unsaturated/α-hetero) is 6. The molecule has 0 unspecified atom stereocenters. The lowest BCUT2D eigenvalue weighted by Crippen LogP contribution is -2.23. The first-order chi connectivity index (χ1) is 26.9. The van der Waals surface area contributed by atoms with Gasteiger partial charge >= 0.3 is 0 Å². The van der Waals surface area contributed by atoms with Gasteiger partial charge in [-0.3, -0.25) is 33.2 Å². The zero-order chi connectivity index (χ0) is 40.4. The van der Waals surface area contributed by atoms with Gasteiger partial charge in [-0.15, -0.1) is 0 Å². The largest absolute Gasteiger partial charge is 0.339 e. The molecule has 3 aromatic carbocycles. The fraction of sp³-hybridized carbons (Fsp3) is 0.214. The molecule has 3 aromatic heterocycles. The number of H-pyrrole nitrogens is 1. The maximum absolute atomic E-state index is 12.1. The Hall–Kier alpha value is -6.76. The molecule has 0 spiro atoms. The van der Waals surface area contributed by atoms with Crippen molar-refractivity contribution < 1.29 is 34.5 Å². The Labute approximate surface area is 316 Å². The predicted octanol–water partition coefficient (Wildman–Crippen LogP) is 6.66. The van der Waals surface area contributed by atoms with Crippen molar-refractivity contribution in [3.8, 4) is 33.8 Å². The highest BCUT2D eigenvalue weighted by Crippen LogP contribution is 2.35. The molecular weight excluding hydrogens is 703 g/mol. The lowest BCUT2D eigenvalue weighted by Gasteiger charge is -2.14. The average molecular weight is 742 g/mol. The van der Waals surface area contributed by atoms with Crippen LogP contribution in [0.4, 0.5) is 4.39 Å². The number of rotatable bonds is 3. The number of aromatic nitrogens is 6. The topological polar surface area (TPSA) is 167 Å². The van der Waals surface area contributed by atoms with Gasteiger partial charge in [0.1, 0.15) is 45.9 Å². The SMILES string of the molecule is CCc1nc2c([nH]1)C(=O)C(=O)c1ccccc1-2.CCc1nc2c(n1C)-c1ccccc1C(=O)C2=O.CCc1nc2c(n1C)C(=O)C(=O)c1ccccc1-2.[2H]CF. The maximum atomic E-state index is 12.1. The quantitative estimate of drug-likeness (QED) is 0.195. The van der Waals surface area contributed by atoms with Gasteiger partial charge < -0.3 is 14.1 Å². The van der Waals surface area contributed by atoms with Gasteiger partial charge in [-0.1, -0.05) is 93.6 Å². The average Bonchev–Trinajstić information content (AvgIpc) is 3.92. The van der Waals surface area contributed by atoms with Gasteiger partial charge in [-0.25, -0.2) is 15.0 Å². The van der Waals surface area contributed by atoms with E-state index in [-0.39, 0.29) is 5.69 Å². The molecule has 0 saturated heterocycles. The number of aromatic amines is 1. The van der Waals surface area contributed by atoms with Gasteiger partial charge in [0.2, 0.25) is 17.3 Å². The lowest BCUT2D eigenvalue weighted by molar-refractivity contribution is 0.0810. The van der Waals surface area contributed by atoms with Crippen molar-refractivity contribution in [1.82, 2.24) is 29.1 Å². The van der Waals surface area contributed by atoms with Gasteiger partial charge in [0.25, 0.3) is 17.3 Å². The van der Waals surface area contributed by atoms with Crippen LogP contribution in [0, 0.1) is 0 Å². The molecule has 0 saturated carbocycles. The molecule has 278 valence electrons. The number of benzene rings is 3. The molecule has 3 aliphatic carbocycles. The van der Waals surface area contributed by atoms with Crippen LogP contribution in [-0.4, -0.2) is 70.9 Å². The first-order valence-corrected chi connectivity index (χ1v) is 17.5. The van der Waals surface area contributed by atoms with Crippen molar-refractivity contribution in [2.24, 2.45) is 14.1 Å². The van der Waals surface area contributed by atoms with Crippen LogP contribution in [0.15, 0.2) is 72.8 Å². The highest BCUT2D eigenvalue weighted by Gasteiger charge is 2.36. The molecular formula is C42H37FN6O6. The third-order valence-electron chi connectivity index (χ3n) is 9.65. The van der Waals surface area contributed by atoms with Gasteiger partial charge in [-0.2, -0.15) is 0 Å². The molecule has 1 N–H and O–H groups in total. The predicted molar refractivity (Wildman–Crippen MR) is 202 cm³/mol. The normalized spacial score (nSPS) is 13.3. The molecule has 0 atom stereocenters.